The van der Waals surface area contributed by atoms with Gasteiger partial charge >= 0.3 is 0 Å². The maximum atomic E-state index is 13.8. The van der Waals surface area contributed by atoms with Gasteiger partial charge in [0.2, 0.25) is 0 Å². The van der Waals surface area contributed by atoms with Gasteiger partial charge in [-0.25, -0.2) is 8.78 Å². The number of ether oxygens (including phenoxy) is 1. The van der Waals surface area contributed by atoms with Gasteiger partial charge < -0.3 is 10.1 Å². The van der Waals surface area contributed by atoms with Crippen molar-refractivity contribution in [3.63, 3.8) is 0 Å². The summed E-state index contributed by atoms with van der Waals surface area (Å²) in [7, 11) is 0. The lowest BCUT2D eigenvalue weighted by Crippen LogP contribution is -2.44. The number of hydrogen-bond donors (Lipinski definition) is 1. The molecule has 24 heavy (non-hydrogen) atoms. The smallest absolute Gasteiger partial charge is 0.254 e. The summed E-state index contributed by atoms with van der Waals surface area (Å²) in [5, 5.41) is 2.81. The molecule has 1 N–H and O–H groups in total. The van der Waals surface area contributed by atoms with Gasteiger partial charge in [-0.3, -0.25) is 4.79 Å². The first-order valence-corrected chi connectivity index (χ1v) is 7.97. The Bertz CT molecular complexity index is 713. The van der Waals surface area contributed by atoms with E-state index in [0.29, 0.717) is 19.8 Å². The third kappa shape index (κ3) is 3.46. The predicted octanol–water partition coefficient (Wildman–Crippen LogP) is 3.44. The Kier molecular flexibility index (Phi) is 4.90. The lowest BCUT2D eigenvalue weighted by atomic mass is 9.74. The summed E-state index contributed by atoms with van der Waals surface area (Å²) in [6.07, 6.45) is 1.56. The van der Waals surface area contributed by atoms with Gasteiger partial charge in [-0.15, -0.1) is 0 Å². The summed E-state index contributed by atoms with van der Waals surface area (Å²) in [6.45, 7) is 1.63. The van der Waals surface area contributed by atoms with Gasteiger partial charge in [0.05, 0.1) is 5.56 Å². The van der Waals surface area contributed by atoms with Crippen molar-refractivity contribution in [3.05, 3.63) is 71.3 Å². The molecule has 1 aliphatic heterocycles. The molecule has 0 spiro atoms. The van der Waals surface area contributed by atoms with Crippen molar-refractivity contribution in [2.45, 2.75) is 18.3 Å². The van der Waals surface area contributed by atoms with Crippen molar-refractivity contribution in [1.82, 2.24) is 5.32 Å². The average molecular weight is 331 g/mol. The first-order chi connectivity index (χ1) is 11.6. The quantitative estimate of drug-likeness (QED) is 0.932. The number of carbonyl (C=O) groups is 1. The van der Waals surface area contributed by atoms with Crippen molar-refractivity contribution in [2.24, 2.45) is 0 Å². The van der Waals surface area contributed by atoms with Gasteiger partial charge in [0.25, 0.3) is 5.91 Å². The van der Waals surface area contributed by atoms with E-state index in [1.165, 1.54) is 6.07 Å². The summed E-state index contributed by atoms with van der Waals surface area (Å²) in [4.78, 5) is 12.3. The third-order valence-corrected chi connectivity index (χ3v) is 4.60. The average Bonchev–Trinajstić information content (AvgIpc) is 2.61. The zero-order valence-electron chi connectivity index (χ0n) is 13.2. The van der Waals surface area contributed by atoms with E-state index in [-0.39, 0.29) is 11.0 Å². The van der Waals surface area contributed by atoms with Gasteiger partial charge in [-0.05, 0) is 30.5 Å². The molecule has 0 radical (unpaired) electrons. The lowest BCUT2D eigenvalue weighted by molar-refractivity contribution is 0.0487. The molecule has 1 amide bonds. The Morgan fingerprint density at radius 3 is 2.46 bits per heavy atom. The monoisotopic (exact) mass is 331 g/mol. The van der Waals surface area contributed by atoms with Crippen LogP contribution in [0.1, 0.15) is 28.8 Å². The summed E-state index contributed by atoms with van der Waals surface area (Å²) in [5.41, 5.74) is 0.755. The van der Waals surface area contributed by atoms with E-state index in [2.05, 4.69) is 5.32 Å². The molecule has 0 atom stereocenters. The van der Waals surface area contributed by atoms with Gasteiger partial charge in [-0.1, -0.05) is 30.3 Å². The van der Waals surface area contributed by atoms with Crippen LogP contribution in [0, 0.1) is 11.6 Å². The highest BCUT2D eigenvalue weighted by atomic mass is 19.1. The number of rotatable bonds is 4. The topological polar surface area (TPSA) is 38.3 Å². The molecule has 1 aliphatic rings. The van der Waals surface area contributed by atoms with Crippen LogP contribution < -0.4 is 5.32 Å². The fourth-order valence-electron chi connectivity index (χ4n) is 3.14. The molecular weight excluding hydrogens is 312 g/mol. The minimum absolute atomic E-state index is 0.147. The summed E-state index contributed by atoms with van der Waals surface area (Å²) >= 11 is 0. The standard InChI is InChI=1S/C19H19F2NO2/c20-15-6-7-16(17(21)12-15)18(23)22-13-19(8-10-24-11-9-19)14-4-2-1-3-5-14/h1-7,12H,8-11,13H2,(H,22,23). The Hall–Kier alpha value is -2.27. The minimum atomic E-state index is -0.853. The van der Waals surface area contributed by atoms with Crippen LogP contribution in [0.25, 0.3) is 0 Å². The summed E-state index contributed by atoms with van der Waals surface area (Å²) < 4.78 is 32.2. The van der Waals surface area contributed by atoms with Crippen molar-refractivity contribution in [1.29, 1.82) is 0 Å². The zero-order valence-corrected chi connectivity index (χ0v) is 13.2. The second kappa shape index (κ2) is 7.09. The Balaban J connectivity index is 1.78. The second-order valence-electron chi connectivity index (χ2n) is 6.07. The van der Waals surface area contributed by atoms with Crippen LogP contribution in [0.3, 0.4) is 0 Å². The summed E-state index contributed by atoms with van der Waals surface area (Å²) in [5.74, 6) is -2.09. The minimum Gasteiger partial charge on any atom is -0.381 e. The van der Waals surface area contributed by atoms with Gasteiger partial charge in [0.1, 0.15) is 11.6 Å². The van der Waals surface area contributed by atoms with Crippen LogP contribution >= 0.6 is 0 Å². The number of benzene rings is 2. The number of halogens is 2. The molecule has 3 rings (SSSR count). The van der Waals surface area contributed by atoms with E-state index in [0.717, 1.165) is 30.5 Å². The molecule has 1 heterocycles. The number of hydrogen-bond acceptors (Lipinski definition) is 2. The number of nitrogens with one attached hydrogen (secondary N) is 1. The van der Waals surface area contributed by atoms with Crippen LogP contribution in [0.15, 0.2) is 48.5 Å². The summed E-state index contributed by atoms with van der Waals surface area (Å²) in [6, 6.07) is 12.9. The van der Waals surface area contributed by atoms with Crippen LogP contribution in [-0.2, 0) is 10.2 Å². The normalized spacial score (nSPS) is 16.6. The van der Waals surface area contributed by atoms with Crippen LogP contribution in [0.5, 0.6) is 0 Å². The van der Waals surface area contributed by atoms with E-state index in [9.17, 15) is 13.6 Å². The Morgan fingerprint density at radius 2 is 1.79 bits per heavy atom. The maximum absolute atomic E-state index is 13.8. The molecule has 5 heteroatoms. The maximum Gasteiger partial charge on any atom is 0.254 e. The molecule has 0 aliphatic carbocycles. The Morgan fingerprint density at radius 1 is 1.08 bits per heavy atom. The van der Waals surface area contributed by atoms with Crippen molar-refractivity contribution >= 4 is 5.91 Å². The fourth-order valence-corrected chi connectivity index (χ4v) is 3.14. The molecule has 3 nitrogen and oxygen atoms in total. The molecular formula is C19H19F2NO2. The first kappa shape index (κ1) is 16.6. The van der Waals surface area contributed by atoms with Gasteiger partial charge in [-0.2, -0.15) is 0 Å². The van der Waals surface area contributed by atoms with Crippen molar-refractivity contribution in [2.75, 3.05) is 19.8 Å². The second-order valence-corrected chi connectivity index (χ2v) is 6.07. The third-order valence-electron chi connectivity index (χ3n) is 4.60. The van der Waals surface area contributed by atoms with Crippen molar-refractivity contribution < 1.29 is 18.3 Å². The largest absolute Gasteiger partial charge is 0.381 e. The zero-order chi connectivity index (χ0) is 17.0. The Labute approximate surface area is 139 Å². The van der Waals surface area contributed by atoms with Crippen LogP contribution in [0.4, 0.5) is 8.78 Å². The highest BCUT2D eigenvalue weighted by Gasteiger charge is 2.34. The van der Waals surface area contributed by atoms with Crippen LogP contribution in [0.2, 0.25) is 0 Å². The van der Waals surface area contributed by atoms with E-state index < -0.39 is 17.5 Å². The van der Waals surface area contributed by atoms with Crippen LogP contribution in [-0.4, -0.2) is 25.7 Å². The highest BCUT2D eigenvalue weighted by molar-refractivity contribution is 5.94. The van der Waals surface area contributed by atoms with E-state index in [4.69, 9.17) is 4.74 Å². The molecule has 0 aromatic heterocycles. The first-order valence-electron chi connectivity index (χ1n) is 7.97. The molecule has 0 unspecified atom stereocenters. The predicted molar refractivity (Wildman–Crippen MR) is 86.9 cm³/mol. The molecule has 126 valence electrons. The SMILES string of the molecule is O=C(NCC1(c2ccccc2)CCOCC1)c1ccc(F)cc1F. The fraction of sp³-hybridized carbons (Fsp3) is 0.316. The van der Waals surface area contributed by atoms with E-state index in [1.807, 2.05) is 30.3 Å². The molecule has 2 aromatic rings. The highest BCUT2D eigenvalue weighted by Crippen LogP contribution is 2.34. The molecule has 0 bridgehead atoms. The van der Waals surface area contributed by atoms with E-state index >= 15 is 0 Å². The number of amides is 1. The molecule has 2 aromatic carbocycles. The van der Waals surface area contributed by atoms with E-state index in [1.54, 1.807) is 0 Å². The van der Waals surface area contributed by atoms with Gasteiger partial charge in [0, 0.05) is 31.2 Å². The molecule has 0 saturated carbocycles. The number of carbonyl (C=O) groups excluding carboxylic acids is 1. The lowest BCUT2D eigenvalue weighted by Gasteiger charge is -2.38. The van der Waals surface area contributed by atoms with Crippen molar-refractivity contribution in [3.8, 4) is 0 Å². The van der Waals surface area contributed by atoms with Gasteiger partial charge in [0.15, 0.2) is 0 Å². The molecule has 1 fully saturated rings. The molecule has 1 saturated heterocycles.